The van der Waals surface area contributed by atoms with Crippen molar-refractivity contribution in [1.29, 1.82) is 0 Å². The van der Waals surface area contributed by atoms with Crippen LogP contribution in [0.15, 0.2) is 37.4 Å². The van der Waals surface area contributed by atoms with Gasteiger partial charge in [0.05, 0.1) is 19.4 Å². The molecular weight excluding hydrogens is 276 g/mol. The van der Waals surface area contributed by atoms with E-state index in [1.54, 1.807) is 6.08 Å². The second kappa shape index (κ2) is 6.85. The third-order valence-corrected chi connectivity index (χ3v) is 3.97. The van der Waals surface area contributed by atoms with E-state index in [-0.39, 0.29) is 0 Å². The van der Waals surface area contributed by atoms with Crippen LogP contribution < -0.4 is 0 Å². The van der Waals surface area contributed by atoms with Gasteiger partial charge in [0.15, 0.2) is 0 Å². The lowest BCUT2D eigenvalue weighted by molar-refractivity contribution is 0.147. The minimum absolute atomic E-state index is 0.580. The number of nitrogens with zero attached hydrogens (tertiary/aromatic N) is 4. The Bertz CT molecular complexity index is 650. The van der Waals surface area contributed by atoms with Crippen molar-refractivity contribution in [3.63, 3.8) is 0 Å². The van der Waals surface area contributed by atoms with Crippen molar-refractivity contribution < 1.29 is 4.74 Å². The molecule has 0 bridgehead atoms. The fraction of sp³-hybridized carbons (Fsp3) is 0.412. The molecule has 116 valence electrons. The topological polar surface area (TPSA) is 43.2 Å². The predicted octanol–water partition coefficient (Wildman–Crippen LogP) is 2.08. The molecule has 3 heterocycles. The smallest absolute Gasteiger partial charge is 0.0738 e. The van der Waals surface area contributed by atoms with Gasteiger partial charge in [0.25, 0.3) is 0 Å². The zero-order valence-corrected chi connectivity index (χ0v) is 13.0. The van der Waals surface area contributed by atoms with Crippen LogP contribution in [0.3, 0.4) is 0 Å². The predicted molar refractivity (Wildman–Crippen MR) is 85.1 cm³/mol. The Labute approximate surface area is 131 Å². The van der Waals surface area contributed by atoms with E-state index < -0.39 is 0 Å². The van der Waals surface area contributed by atoms with Crippen LogP contribution in [0.5, 0.6) is 0 Å². The van der Waals surface area contributed by atoms with Crippen LogP contribution in [0.25, 0.3) is 0 Å². The van der Waals surface area contributed by atoms with E-state index in [0.717, 1.165) is 26.1 Å². The Kier molecular flexibility index (Phi) is 4.65. The van der Waals surface area contributed by atoms with Crippen LogP contribution in [0, 0.1) is 0 Å². The van der Waals surface area contributed by atoms with Gasteiger partial charge in [0, 0.05) is 50.8 Å². The largest absolute Gasteiger partial charge is 0.373 e. The van der Waals surface area contributed by atoms with Gasteiger partial charge in [0.1, 0.15) is 0 Å². The SMILES string of the molecule is C=CCOCc1cncc2c1CCN(Cc1cnn(C)c1)C2. The van der Waals surface area contributed by atoms with Crippen LogP contribution in [0.1, 0.15) is 22.3 Å². The van der Waals surface area contributed by atoms with Crippen LogP contribution in [0.4, 0.5) is 0 Å². The van der Waals surface area contributed by atoms with Crippen molar-refractivity contribution in [2.45, 2.75) is 26.1 Å². The number of pyridine rings is 1. The van der Waals surface area contributed by atoms with Gasteiger partial charge in [-0.1, -0.05) is 6.08 Å². The number of aryl methyl sites for hydroxylation is 1. The Morgan fingerprint density at radius 3 is 3.05 bits per heavy atom. The van der Waals surface area contributed by atoms with E-state index in [4.69, 9.17) is 4.74 Å². The van der Waals surface area contributed by atoms with Crippen molar-refractivity contribution in [2.24, 2.45) is 7.05 Å². The molecule has 5 nitrogen and oxygen atoms in total. The van der Waals surface area contributed by atoms with E-state index in [2.05, 4.69) is 27.8 Å². The maximum atomic E-state index is 5.58. The van der Waals surface area contributed by atoms with Gasteiger partial charge in [-0.3, -0.25) is 14.6 Å². The average Bonchev–Trinajstić information content (AvgIpc) is 2.92. The van der Waals surface area contributed by atoms with Gasteiger partial charge >= 0.3 is 0 Å². The Morgan fingerprint density at radius 2 is 2.27 bits per heavy atom. The number of hydrogen-bond donors (Lipinski definition) is 0. The van der Waals surface area contributed by atoms with E-state index in [1.165, 1.54) is 22.3 Å². The second-order valence-corrected chi connectivity index (χ2v) is 5.72. The first-order valence-electron chi connectivity index (χ1n) is 7.59. The van der Waals surface area contributed by atoms with Gasteiger partial charge < -0.3 is 4.74 Å². The maximum Gasteiger partial charge on any atom is 0.0738 e. The Morgan fingerprint density at radius 1 is 1.36 bits per heavy atom. The molecule has 0 atom stereocenters. The van der Waals surface area contributed by atoms with Crippen molar-refractivity contribution >= 4 is 0 Å². The normalized spacial score (nSPS) is 14.8. The first-order chi connectivity index (χ1) is 10.8. The molecule has 0 aliphatic carbocycles. The second-order valence-electron chi connectivity index (χ2n) is 5.72. The molecule has 0 unspecified atom stereocenters. The van der Waals surface area contributed by atoms with E-state index in [0.29, 0.717) is 13.2 Å². The summed E-state index contributed by atoms with van der Waals surface area (Å²) in [6.45, 7) is 7.80. The number of rotatable bonds is 6. The Balaban J connectivity index is 1.67. The molecule has 0 fully saturated rings. The summed E-state index contributed by atoms with van der Waals surface area (Å²) in [5.41, 5.74) is 5.18. The van der Waals surface area contributed by atoms with Crippen LogP contribution >= 0.6 is 0 Å². The van der Waals surface area contributed by atoms with E-state index in [1.807, 2.05) is 30.3 Å². The number of fused-ring (bicyclic) bond motifs is 1. The minimum Gasteiger partial charge on any atom is -0.373 e. The average molecular weight is 298 g/mol. The number of aromatic nitrogens is 3. The maximum absolute atomic E-state index is 5.58. The summed E-state index contributed by atoms with van der Waals surface area (Å²) < 4.78 is 7.43. The summed E-state index contributed by atoms with van der Waals surface area (Å²) in [6, 6.07) is 0. The molecule has 0 N–H and O–H groups in total. The summed E-state index contributed by atoms with van der Waals surface area (Å²) in [7, 11) is 1.95. The van der Waals surface area contributed by atoms with Crippen molar-refractivity contribution in [3.05, 3.63) is 59.7 Å². The third-order valence-electron chi connectivity index (χ3n) is 3.97. The molecule has 1 aliphatic rings. The van der Waals surface area contributed by atoms with Crippen LogP contribution in [-0.2, 0) is 37.9 Å². The Hall–Kier alpha value is -1.98. The van der Waals surface area contributed by atoms with Crippen LogP contribution in [0.2, 0.25) is 0 Å². The lowest BCUT2D eigenvalue weighted by Crippen LogP contribution is -2.30. The summed E-state index contributed by atoms with van der Waals surface area (Å²) in [5, 5.41) is 4.24. The molecule has 1 aliphatic heterocycles. The molecule has 2 aromatic heterocycles. The summed E-state index contributed by atoms with van der Waals surface area (Å²) in [6.07, 6.45) is 10.8. The minimum atomic E-state index is 0.580. The molecular formula is C17H22N4O. The van der Waals surface area contributed by atoms with Gasteiger partial charge in [-0.05, 0) is 23.1 Å². The zero-order chi connectivity index (χ0) is 15.4. The summed E-state index contributed by atoms with van der Waals surface area (Å²) in [5.74, 6) is 0. The highest BCUT2D eigenvalue weighted by atomic mass is 16.5. The molecule has 22 heavy (non-hydrogen) atoms. The summed E-state index contributed by atoms with van der Waals surface area (Å²) in [4.78, 5) is 6.81. The lowest BCUT2D eigenvalue weighted by atomic mass is 9.97. The highest BCUT2D eigenvalue weighted by Crippen LogP contribution is 2.23. The fourth-order valence-electron chi connectivity index (χ4n) is 2.95. The van der Waals surface area contributed by atoms with Crippen molar-refractivity contribution in [3.8, 4) is 0 Å². The van der Waals surface area contributed by atoms with Gasteiger partial charge in [0.2, 0.25) is 0 Å². The molecule has 0 saturated heterocycles. The van der Waals surface area contributed by atoms with E-state index in [9.17, 15) is 0 Å². The molecule has 0 amide bonds. The molecule has 5 heteroatoms. The molecule has 0 aromatic carbocycles. The number of hydrogen-bond acceptors (Lipinski definition) is 4. The van der Waals surface area contributed by atoms with Gasteiger partial charge in [-0.2, -0.15) is 5.10 Å². The molecule has 0 spiro atoms. The first-order valence-corrected chi connectivity index (χ1v) is 7.59. The summed E-state index contributed by atoms with van der Waals surface area (Å²) >= 11 is 0. The standard InChI is InChI=1S/C17H22N4O/c1-3-6-22-13-16-9-18-8-15-12-21(5-4-17(15)16)11-14-7-19-20(2)10-14/h3,7-10H,1,4-6,11-13H2,2H3. The molecule has 3 rings (SSSR count). The first kappa shape index (κ1) is 14.9. The van der Waals surface area contributed by atoms with E-state index >= 15 is 0 Å². The van der Waals surface area contributed by atoms with Crippen molar-refractivity contribution in [2.75, 3.05) is 13.2 Å². The van der Waals surface area contributed by atoms with Crippen molar-refractivity contribution in [1.82, 2.24) is 19.7 Å². The quantitative estimate of drug-likeness (QED) is 0.605. The molecule has 2 aromatic rings. The number of ether oxygens (including phenoxy) is 1. The van der Waals surface area contributed by atoms with Gasteiger partial charge in [-0.15, -0.1) is 6.58 Å². The molecule has 0 saturated carbocycles. The highest BCUT2D eigenvalue weighted by molar-refractivity contribution is 5.33. The highest BCUT2D eigenvalue weighted by Gasteiger charge is 2.19. The zero-order valence-electron chi connectivity index (χ0n) is 13.0. The molecule has 0 radical (unpaired) electrons. The lowest BCUT2D eigenvalue weighted by Gasteiger charge is -2.29. The fourth-order valence-corrected chi connectivity index (χ4v) is 2.95. The van der Waals surface area contributed by atoms with Crippen LogP contribution in [-0.4, -0.2) is 32.8 Å². The monoisotopic (exact) mass is 298 g/mol. The third kappa shape index (κ3) is 3.43. The van der Waals surface area contributed by atoms with Gasteiger partial charge in [-0.25, -0.2) is 0 Å².